The number of amides is 2. The lowest BCUT2D eigenvalue weighted by Gasteiger charge is -2.44. The molecule has 35 heavy (non-hydrogen) atoms. The minimum absolute atomic E-state index is 0.0226. The third kappa shape index (κ3) is 4.26. The first-order valence-corrected chi connectivity index (χ1v) is 12.5. The Morgan fingerprint density at radius 1 is 1.17 bits per heavy atom. The number of hydrogen-bond acceptors (Lipinski definition) is 4. The van der Waals surface area contributed by atoms with E-state index in [9.17, 15) is 9.59 Å². The summed E-state index contributed by atoms with van der Waals surface area (Å²) >= 11 is 0. The highest BCUT2D eigenvalue weighted by atomic mass is 19.1. The molecule has 3 aromatic rings. The average molecular weight is 479 g/mol. The zero-order valence-electron chi connectivity index (χ0n) is 20.0. The van der Waals surface area contributed by atoms with Crippen LogP contribution in [0.15, 0.2) is 53.1 Å². The Hall–Kier alpha value is -3.42. The van der Waals surface area contributed by atoms with Crippen LogP contribution in [0.1, 0.15) is 61.5 Å². The number of nitrogens with zero attached hydrogens (tertiary/aromatic N) is 3. The van der Waals surface area contributed by atoms with Crippen molar-refractivity contribution in [1.29, 1.82) is 0 Å². The molecule has 0 radical (unpaired) electrons. The number of halogens is 1. The van der Waals surface area contributed by atoms with Gasteiger partial charge in [-0.3, -0.25) is 19.2 Å². The predicted molar refractivity (Wildman–Crippen MR) is 131 cm³/mol. The highest BCUT2D eigenvalue weighted by Crippen LogP contribution is 2.35. The normalized spacial score (nSPS) is 21.0. The number of fused-ring (bicyclic) bond motifs is 1. The molecule has 2 aromatic heterocycles. The molecule has 0 spiro atoms. The Bertz CT molecular complexity index is 1180. The Balaban J connectivity index is 1.57. The lowest BCUT2D eigenvalue weighted by atomic mass is 9.92. The van der Waals surface area contributed by atoms with E-state index in [1.807, 2.05) is 19.1 Å². The maximum atomic E-state index is 15.1. The molecule has 1 aliphatic heterocycles. The van der Waals surface area contributed by atoms with Crippen LogP contribution in [0.3, 0.4) is 0 Å². The molecule has 1 N–H and O–H groups in total. The van der Waals surface area contributed by atoms with Crippen molar-refractivity contribution in [2.24, 2.45) is 0 Å². The molecule has 1 unspecified atom stereocenters. The molecule has 1 aliphatic carbocycles. The van der Waals surface area contributed by atoms with Crippen LogP contribution in [0.5, 0.6) is 0 Å². The van der Waals surface area contributed by atoms with Gasteiger partial charge in [-0.1, -0.05) is 44.7 Å². The smallest absolute Gasteiger partial charge is 0.277 e. The van der Waals surface area contributed by atoms with Crippen LogP contribution < -0.4 is 10.2 Å². The fourth-order valence-corrected chi connectivity index (χ4v) is 5.21. The quantitative estimate of drug-likeness (QED) is 0.511. The summed E-state index contributed by atoms with van der Waals surface area (Å²) in [6, 6.07) is 12.5. The fourth-order valence-electron chi connectivity index (χ4n) is 5.21. The number of anilines is 1. The Morgan fingerprint density at radius 3 is 2.54 bits per heavy atom. The van der Waals surface area contributed by atoms with Crippen LogP contribution in [-0.2, 0) is 17.8 Å². The number of furan rings is 1. The molecule has 2 aliphatic rings. The minimum Gasteiger partial charge on any atom is -0.463 e. The second-order valence-corrected chi connectivity index (χ2v) is 9.54. The first-order chi connectivity index (χ1) is 17.1. The van der Waals surface area contributed by atoms with Gasteiger partial charge in [-0.05, 0) is 49.1 Å². The second-order valence-electron chi connectivity index (χ2n) is 9.54. The number of aromatic nitrogens is 2. The van der Waals surface area contributed by atoms with Gasteiger partial charge in [0.15, 0.2) is 11.3 Å². The van der Waals surface area contributed by atoms with E-state index in [1.54, 1.807) is 30.3 Å². The summed E-state index contributed by atoms with van der Waals surface area (Å²) < 4.78 is 22.0. The number of aryl methyl sites for hydroxylation is 1. The lowest BCUT2D eigenvalue weighted by molar-refractivity contribution is -0.128. The Kier molecular flexibility index (Phi) is 6.45. The molecular formula is C27H31FN4O3. The van der Waals surface area contributed by atoms with Crippen LogP contribution in [-0.4, -0.2) is 39.9 Å². The van der Waals surface area contributed by atoms with E-state index in [4.69, 9.17) is 4.42 Å². The van der Waals surface area contributed by atoms with Crippen LogP contribution in [0, 0.1) is 0 Å². The summed E-state index contributed by atoms with van der Waals surface area (Å²) in [5, 5.41) is 7.61. The third-order valence-corrected chi connectivity index (χ3v) is 7.25. The van der Waals surface area contributed by atoms with Crippen LogP contribution >= 0.6 is 0 Å². The van der Waals surface area contributed by atoms with Crippen molar-refractivity contribution < 1.29 is 18.4 Å². The van der Waals surface area contributed by atoms with Crippen molar-refractivity contribution in [1.82, 2.24) is 15.1 Å². The Morgan fingerprint density at radius 2 is 1.91 bits per heavy atom. The number of hydrogen-bond donors (Lipinski definition) is 1. The highest BCUT2D eigenvalue weighted by Gasteiger charge is 2.53. The van der Waals surface area contributed by atoms with Gasteiger partial charge in [0.05, 0.1) is 12.8 Å². The maximum absolute atomic E-state index is 15.1. The summed E-state index contributed by atoms with van der Waals surface area (Å²) in [6.07, 6.45) is 8.44. The van der Waals surface area contributed by atoms with Crippen LogP contribution in [0.25, 0.3) is 11.5 Å². The van der Waals surface area contributed by atoms with E-state index >= 15 is 4.39 Å². The molecule has 1 atom stereocenters. The number of rotatable bonds is 6. The van der Waals surface area contributed by atoms with Gasteiger partial charge in [0.25, 0.3) is 11.8 Å². The van der Waals surface area contributed by atoms with Crippen molar-refractivity contribution in [3.05, 3.63) is 60.0 Å². The van der Waals surface area contributed by atoms with Crippen molar-refractivity contribution >= 4 is 17.5 Å². The molecular weight excluding hydrogens is 447 g/mol. The van der Waals surface area contributed by atoms with E-state index in [2.05, 4.69) is 10.4 Å². The van der Waals surface area contributed by atoms with Gasteiger partial charge in [0, 0.05) is 17.8 Å². The average Bonchev–Trinajstić information content (AvgIpc) is 3.49. The molecule has 1 saturated carbocycles. The third-order valence-electron chi connectivity index (χ3n) is 7.25. The first kappa shape index (κ1) is 23.3. The van der Waals surface area contributed by atoms with E-state index in [1.165, 1.54) is 15.8 Å². The zero-order chi connectivity index (χ0) is 24.4. The van der Waals surface area contributed by atoms with Crippen LogP contribution in [0.2, 0.25) is 0 Å². The van der Waals surface area contributed by atoms with Crippen molar-refractivity contribution in [3.8, 4) is 11.5 Å². The number of benzene rings is 1. The molecule has 8 heteroatoms. The highest BCUT2D eigenvalue weighted by molar-refractivity contribution is 6.12. The van der Waals surface area contributed by atoms with Crippen molar-refractivity contribution in [2.75, 3.05) is 11.6 Å². The monoisotopic (exact) mass is 478 g/mol. The summed E-state index contributed by atoms with van der Waals surface area (Å²) in [4.78, 5) is 29.0. The summed E-state index contributed by atoms with van der Waals surface area (Å²) in [6.45, 7) is 0.934. The molecule has 3 heterocycles. The Labute approximate surface area is 204 Å². The van der Waals surface area contributed by atoms with Gasteiger partial charge in [0.1, 0.15) is 18.1 Å². The molecule has 0 saturated heterocycles. The van der Waals surface area contributed by atoms with E-state index < -0.39 is 24.0 Å². The summed E-state index contributed by atoms with van der Waals surface area (Å²) in [5.41, 5.74) is 0.613. The fraction of sp³-hybridized carbons (Fsp3) is 0.444. The van der Waals surface area contributed by atoms with Gasteiger partial charge >= 0.3 is 0 Å². The van der Waals surface area contributed by atoms with Gasteiger partial charge in [-0.25, -0.2) is 4.39 Å². The van der Waals surface area contributed by atoms with Crippen molar-refractivity contribution in [2.45, 2.75) is 70.0 Å². The zero-order valence-corrected chi connectivity index (χ0v) is 20.0. The van der Waals surface area contributed by atoms with E-state index in [0.29, 0.717) is 22.8 Å². The van der Waals surface area contributed by atoms with Gasteiger partial charge in [-0.15, -0.1) is 0 Å². The van der Waals surface area contributed by atoms with E-state index in [-0.39, 0.29) is 12.6 Å². The number of carbonyl (C=O) groups excluding carboxylic acids is 2. The standard InChI is InChI=1S/C27H31FN4O3/c1-2-19-11-13-21(14-12-19)32-25(33)23-16-22(24-10-7-15-35-24)30-31(23)18-27(32,17-28)26(34)29-20-8-5-3-4-6-9-20/h7,10-16,20H,2-6,8-9,17-18H2,1H3,(H,29,34). The number of alkyl halides is 1. The predicted octanol–water partition coefficient (Wildman–Crippen LogP) is 4.91. The molecule has 0 bridgehead atoms. The minimum atomic E-state index is -1.74. The molecule has 2 amide bonds. The maximum Gasteiger partial charge on any atom is 0.277 e. The largest absolute Gasteiger partial charge is 0.463 e. The van der Waals surface area contributed by atoms with Gasteiger partial charge in [-0.2, -0.15) is 5.10 Å². The molecule has 1 fully saturated rings. The second kappa shape index (κ2) is 9.68. The molecule has 5 rings (SSSR count). The summed E-state index contributed by atoms with van der Waals surface area (Å²) in [7, 11) is 0. The molecule has 7 nitrogen and oxygen atoms in total. The SMILES string of the molecule is CCc1ccc(N2C(=O)c3cc(-c4ccco4)nn3CC2(CF)C(=O)NC2CCCCCC2)cc1. The van der Waals surface area contributed by atoms with E-state index in [0.717, 1.165) is 50.5 Å². The van der Waals surface area contributed by atoms with Crippen LogP contribution in [0.4, 0.5) is 10.1 Å². The summed E-state index contributed by atoms with van der Waals surface area (Å²) in [5.74, 6) is -0.424. The first-order valence-electron chi connectivity index (χ1n) is 12.5. The van der Waals surface area contributed by atoms with Gasteiger partial charge in [0.2, 0.25) is 0 Å². The molecule has 184 valence electrons. The number of carbonyl (C=O) groups is 2. The number of nitrogens with one attached hydrogen (secondary N) is 1. The molecule has 1 aromatic carbocycles. The topological polar surface area (TPSA) is 80.4 Å². The van der Waals surface area contributed by atoms with Crippen molar-refractivity contribution in [3.63, 3.8) is 0 Å². The lowest BCUT2D eigenvalue weighted by Crippen LogP contribution is -2.68. The van der Waals surface area contributed by atoms with Gasteiger partial charge < -0.3 is 9.73 Å².